The van der Waals surface area contributed by atoms with E-state index in [1.165, 1.54) is 6.20 Å². The first-order valence-corrected chi connectivity index (χ1v) is 9.64. The van der Waals surface area contributed by atoms with E-state index in [-0.39, 0.29) is 11.8 Å². The van der Waals surface area contributed by atoms with Crippen LogP contribution >= 0.6 is 11.6 Å². The number of amides is 1. The van der Waals surface area contributed by atoms with E-state index in [9.17, 15) is 4.79 Å². The standard InChI is InChI=1S/C21H20ClN5O/c1-14-24-12-18(15-6-8-23-9-7-15)20(26-14)17-3-2-10-27(13-17)21(28)16-4-5-19(22)25-11-16/h4-9,11-12,17H,2-3,10,13H2,1H3/t17-/m0/s1. The first-order chi connectivity index (χ1) is 13.6. The lowest BCUT2D eigenvalue weighted by atomic mass is 9.90. The largest absolute Gasteiger partial charge is 0.338 e. The quantitative estimate of drug-likeness (QED) is 0.631. The van der Waals surface area contributed by atoms with Crippen LogP contribution in [0.25, 0.3) is 11.1 Å². The van der Waals surface area contributed by atoms with Gasteiger partial charge >= 0.3 is 0 Å². The van der Waals surface area contributed by atoms with Crippen molar-refractivity contribution >= 4 is 17.5 Å². The van der Waals surface area contributed by atoms with Gasteiger partial charge in [0.05, 0.1) is 11.3 Å². The summed E-state index contributed by atoms with van der Waals surface area (Å²) in [6.07, 6.45) is 8.85. The summed E-state index contributed by atoms with van der Waals surface area (Å²) < 4.78 is 0. The van der Waals surface area contributed by atoms with Gasteiger partial charge in [0.15, 0.2) is 0 Å². The SMILES string of the molecule is Cc1ncc(-c2ccncc2)c([C@H]2CCCN(C(=O)c3ccc(Cl)nc3)C2)n1. The van der Waals surface area contributed by atoms with Gasteiger partial charge in [-0.1, -0.05) is 11.6 Å². The molecule has 0 N–H and O–H groups in total. The highest BCUT2D eigenvalue weighted by molar-refractivity contribution is 6.29. The Bertz CT molecular complexity index is 978. The third kappa shape index (κ3) is 3.87. The Morgan fingerprint density at radius 2 is 1.96 bits per heavy atom. The van der Waals surface area contributed by atoms with Crippen LogP contribution < -0.4 is 0 Å². The first-order valence-electron chi connectivity index (χ1n) is 9.26. The number of piperidine rings is 1. The Kier molecular flexibility index (Phi) is 5.30. The van der Waals surface area contributed by atoms with Crippen LogP contribution in [0.3, 0.4) is 0 Å². The molecular weight excluding hydrogens is 374 g/mol. The molecule has 1 saturated heterocycles. The van der Waals surface area contributed by atoms with Crippen molar-refractivity contribution in [2.75, 3.05) is 13.1 Å². The van der Waals surface area contributed by atoms with Crippen molar-refractivity contribution in [2.45, 2.75) is 25.7 Å². The molecule has 0 aromatic carbocycles. The van der Waals surface area contributed by atoms with Crippen LogP contribution in [-0.4, -0.2) is 43.8 Å². The summed E-state index contributed by atoms with van der Waals surface area (Å²) in [7, 11) is 0. The third-order valence-corrected chi connectivity index (χ3v) is 5.22. The highest BCUT2D eigenvalue weighted by Crippen LogP contribution is 2.33. The van der Waals surface area contributed by atoms with E-state index >= 15 is 0 Å². The zero-order chi connectivity index (χ0) is 19.5. The molecule has 1 fully saturated rings. The molecule has 0 radical (unpaired) electrons. The molecule has 142 valence electrons. The number of halogens is 1. The number of carbonyl (C=O) groups is 1. The number of nitrogens with zero attached hydrogens (tertiary/aromatic N) is 5. The van der Waals surface area contributed by atoms with Gasteiger partial charge in [-0.25, -0.2) is 15.0 Å². The molecule has 1 amide bonds. The van der Waals surface area contributed by atoms with E-state index in [0.717, 1.165) is 42.0 Å². The predicted octanol–water partition coefficient (Wildman–Crippen LogP) is 3.92. The molecule has 0 saturated carbocycles. The number of likely N-dealkylation sites (tertiary alicyclic amines) is 1. The second-order valence-corrected chi connectivity index (χ2v) is 7.30. The number of carbonyl (C=O) groups excluding carboxylic acids is 1. The topological polar surface area (TPSA) is 71.9 Å². The summed E-state index contributed by atoms with van der Waals surface area (Å²) in [5.41, 5.74) is 3.58. The fourth-order valence-corrected chi connectivity index (χ4v) is 3.73. The molecule has 0 spiro atoms. The van der Waals surface area contributed by atoms with Crippen LogP contribution in [0.1, 0.15) is 40.6 Å². The van der Waals surface area contributed by atoms with E-state index in [1.807, 2.05) is 30.2 Å². The fourth-order valence-electron chi connectivity index (χ4n) is 3.62. The van der Waals surface area contributed by atoms with Crippen LogP contribution in [0.15, 0.2) is 49.1 Å². The monoisotopic (exact) mass is 393 g/mol. The molecule has 1 aliphatic rings. The number of rotatable bonds is 3. The van der Waals surface area contributed by atoms with Crippen molar-refractivity contribution in [3.05, 3.63) is 71.3 Å². The summed E-state index contributed by atoms with van der Waals surface area (Å²) >= 11 is 5.84. The van der Waals surface area contributed by atoms with Crippen molar-refractivity contribution in [3.63, 3.8) is 0 Å². The average Bonchev–Trinajstić information content (AvgIpc) is 2.74. The minimum Gasteiger partial charge on any atom is -0.338 e. The molecule has 0 unspecified atom stereocenters. The van der Waals surface area contributed by atoms with Gasteiger partial charge in [0.2, 0.25) is 0 Å². The molecule has 1 aliphatic heterocycles. The Labute approximate surface area is 168 Å². The molecule has 0 aliphatic carbocycles. The fraction of sp³-hybridized carbons (Fsp3) is 0.286. The minimum atomic E-state index is -0.0231. The van der Waals surface area contributed by atoms with Crippen LogP contribution in [-0.2, 0) is 0 Å². The maximum absolute atomic E-state index is 12.9. The molecular formula is C21H20ClN5O. The number of aryl methyl sites for hydroxylation is 1. The van der Waals surface area contributed by atoms with Crippen LogP contribution in [0.4, 0.5) is 0 Å². The molecule has 4 rings (SSSR count). The minimum absolute atomic E-state index is 0.0231. The summed E-state index contributed by atoms with van der Waals surface area (Å²) in [5.74, 6) is 0.867. The lowest BCUT2D eigenvalue weighted by Gasteiger charge is -2.33. The maximum Gasteiger partial charge on any atom is 0.255 e. The molecule has 4 heterocycles. The average molecular weight is 394 g/mol. The molecule has 28 heavy (non-hydrogen) atoms. The Morgan fingerprint density at radius 3 is 2.71 bits per heavy atom. The van der Waals surface area contributed by atoms with Crippen LogP contribution in [0.2, 0.25) is 5.15 Å². The lowest BCUT2D eigenvalue weighted by Crippen LogP contribution is -2.39. The molecule has 1 atom stereocenters. The maximum atomic E-state index is 12.9. The highest BCUT2D eigenvalue weighted by atomic mass is 35.5. The molecule has 0 bridgehead atoms. The van der Waals surface area contributed by atoms with Crippen LogP contribution in [0, 0.1) is 6.92 Å². The van der Waals surface area contributed by atoms with Gasteiger partial charge in [0, 0.05) is 49.4 Å². The van der Waals surface area contributed by atoms with E-state index in [1.54, 1.807) is 24.5 Å². The number of hydrogen-bond donors (Lipinski definition) is 0. The number of hydrogen-bond acceptors (Lipinski definition) is 5. The Morgan fingerprint density at radius 1 is 1.14 bits per heavy atom. The molecule has 3 aromatic heterocycles. The summed E-state index contributed by atoms with van der Waals surface area (Å²) in [4.78, 5) is 32.1. The third-order valence-electron chi connectivity index (χ3n) is 5.00. The Hall–Kier alpha value is -2.86. The second-order valence-electron chi connectivity index (χ2n) is 6.91. The van der Waals surface area contributed by atoms with Crippen molar-refractivity contribution in [2.24, 2.45) is 0 Å². The first kappa shape index (κ1) is 18.5. The smallest absolute Gasteiger partial charge is 0.255 e. The van der Waals surface area contributed by atoms with E-state index in [0.29, 0.717) is 17.3 Å². The van der Waals surface area contributed by atoms with E-state index in [4.69, 9.17) is 16.6 Å². The van der Waals surface area contributed by atoms with Gasteiger partial charge < -0.3 is 4.90 Å². The number of aromatic nitrogens is 4. The summed E-state index contributed by atoms with van der Waals surface area (Å²) in [5, 5.41) is 0.381. The summed E-state index contributed by atoms with van der Waals surface area (Å²) in [6, 6.07) is 7.29. The van der Waals surface area contributed by atoms with E-state index < -0.39 is 0 Å². The van der Waals surface area contributed by atoms with Crippen molar-refractivity contribution < 1.29 is 4.79 Å². The van der Waals surface area contributed by atoms with Crippen molar-refractivity contribution in [1.29, 1.82) is 0 Å². The zero-order valence-corrected chi connectivity index (χ0v) is 16.3. The van der Waals surface area contributed by atoms with Crippen molar-refractivity contribution in [3.8, 4) is 11.1 Å². The van der Waals surface area contributed by atoms with Crippen LogP contribution in [0.5, 0.6) is 0 Å². The van der Waals surface area contributed by atoms with Gasteiger partial charge in [-0.15, -0.1) is 0 Å². The normalized spacial score (nSPS) is 16.8. The second kappa shape index (κ2) is 8.02. The molecule has 7 heteroatoms. The molecule has 6 nitrogen and oxygen atoms in total. The highest BCUT2D eigenvalue weighted by Gasteiger charge is 2.28. The summed E-state index contributed by atoms with van der Waals surface area (Å²) in [6.45, 7) is 3.24. The van der Waals surface area contributed by atoms with E-state index in [2.05, 4.69) is 15.0 Å². The van der Waals surface area contributed by atoms with Gasteiger partial charge in [-0.2, -0.15) is 0 Å². The van der Waals surface area contributed by atoms with Gasteiger partial charge in [-0.05, 0) is 49.6 Å². The molecule has 3 aromatic rings. The number of pyridine rings is 2. The predicted molar refractivity (Wildman–Crippen MR) is 107 cm³/mol. The van der Waals surface area contributed by atoms with Gasteiger partial charge in [0.25, 0.3) is 5.91 Å². The van der Waals surface area contributed by atoms with Gasteiger partial charge in [0.1, 0.15) is 11.0 Å². The van der Waals surface area contributed by atoms with Gasteiger partial charge in [-0.3, -0.25) is 9.78 Å². The van der Waals surface area contributed by atoms with Crippen molar-refractivity contribution in [1.82, 2.24) is 24.8 Å². The Balaban J connectivity index is 1.62. The zero-order valence-electron chi connectivity index (χ0n) is 15.5. The lowest BCUT2D eigenvalue weighted by molar-refractivity contribution is 0.0705.